The van der Waals surface area contributed by atoms with Gasteiger partial charge >= 0.3 is 25.0 Å². The summed E-state index contributed by atoms with van der Waals surface area (Å²) >= 11 is 0. The van der Waals surface area contributed by atoms with Crippen molar-refractivity contribution in [1.29, 1.82) is 0 Å². The van der Waals surface area contributed by atoms with Gasteiger partial charge in [-0.2, -0.15) is 0 Å². The van der Waals surface area contributed by atoms with Gasteiger partial charge in [0.2, 0.25) is 0 Å². The number of rotatable bonds is 0. The molecule has 0 rings (SSSR count). The summed E-state index contributed by atoms with van der Waals surface area (Å²) in [6, 6.07) is 0. The van der Waals surface area contributed by atoms with Crippen LogP contribution in [0.3, 0.4) is 0 Å². The van der Waals surface area contributed by atoms with Gasteiger partial charge in [-0.25, -0.2) is 0 Å². The third-order valence-electron chi connectivity index (χ3n) is 0. The Hall–Kier alpha value is 0.397. The van der Waals surface area contributed by atoms with Gasteiger partial charge in [-0.15, -0.1) is 0 Å². The van der Waals surface area contributed by atoms with E-state index in [-0.39, 0.29) is 24.3 Å². The molecule has 0 aliphatic rings. The SMILES string of the molecule is OC(O)(O)O.[Li+].[OH-]. The standard InChI is InChI=1S/CH4O4.Li.H2O/c2-1(3,4)5;;/h2-5H;;1H2/q;+1;/p-1. The second-order valence-electron chi connectivity index (χ2n) is 0.600. The smallest absolute Gasteiger partial charge is 0.870 e. The molecule has 40 valence electrons. The summed E-state index contributed by atoms with van der Waals surface area (Å²) in [4.78, 5) is 0. The molecule has 0 saturated carbocycles. The van der Waals surface area contributed by atoms with Crippen molar-refractivity contribution >= 4 is 0 Å². The van der Waals surface area contributed by atoms with Crippen molar-refractivity contribution in [3.8, 4) is 0 Å². The topological polar surface area (TPSA) is 111 Å². The van der Waals surface area contributed by atoms with Crippen LogP contribution in [0.5, 0.6) is 0 Å². The molecule has 6 heteroatoms. The van der Waals surface area contributed by atoms with E-state index in [9.17, 15) is 0 Å². The zero-order valence-corrected chi connectivity index (χ0v) is 3.74. The Labute approximate surface area is 51.7 Å². The van der Waals surface area contributed by atoms with Crippen molar-refractivity contribution < 1.29 is 44.8 Å². The molecule has 0 radical (unpaired) electrons. The first-order chi connectivity index (χ1) is 2.00. The van der Waals surface area contributed by atoms with Gasteiger partial charge in [-0.3, -0.25) is 0 Å². The Morgan fingerprint density at radius 1 is 0.857 bits per heavy atom. The Kier molecular flexibility index (Phi) is 10.2. The Bertz CT molecular complexity index is 23.6. The first-order valence-corrected chi connectivity index (χ1v) is 0.894. The van der Waals surface area contributed by atoms with E-state index in [1.165, 1.54) is 0 Å². The third-order valence-corrected chi connectivity index (χ3v) is 0. The van der Waals surface area contributed by atoms with Crippen molar-refractivity contribution in [2.24, 2.45) is 0 Å². The molecule has 0 aromatic rings. The molecule has 0 spiro atoms. The van der Waals surface area contributed by atoms with Crippen molar-refractivity contribution in [1.82, 2.24) is 0 Å². The molecule has 0 saturated heterocycles. The van der Waals surface area contributed by atoms with Gasteiger partial charge in [0, 0.05) is 0 Å². The van der Waals surface area contributed by atoms with E-state index >= 15 is 0 Å². The van der Waals surface area contributed by atoms with Crippen LogP contribution in [-0.2, 0) is 0 Å². The molecule has 0 aromatic carbocycles. The molecule has 0 fully saturated rings. The molecule has 0 aliphatic carbocycles. The van der Waals surface area contributed by atoms with Crippen LogP contribution >= 0.6 is 0 Å². The average Bonchev–Trinajstić information content (AvgIpc) is 0.722. The zero-order chi connectivity index (χ0) is 4.50. The Morgan fingerprint density at radius 2 is 0.857 bits per heavy atom. The van der Waals surface area contributed by atoms with Crippen LogP contribution in [0.4, 0.5) is 0 Å². The minimum Gasteiger partial charge on any atom is -0.870 e. The van der Waals surface area contributed by atoms with Gasteiger partial charge in [0.1, 0.15) is 0 Å². The Morgan fingerprint density at radius 3 is 0.857 bits per heavy atom. The number of hydrogen-bond acceptors (Lipinski definition) is 5. The summed E-state index contributed by atoms with van der Waals surface area (Å²) in [5.74, 6) is 0. The summed E-state index contributed by atoms with van der Waals surface area (Å²) in [6.45, 7) is 0. The quantitative estimate of drug-likeness (QED) is 0.181. The Balaban J connectivity index is -0.0000000800. The van der Waals surface area contributed by atoms with E-state index in [0.29, 0.717) is 0 Å². The second kappa shape index (κ2) is 4.55. The molecule has 7 heavy (non-hydrogen) atoms. The third kappa shape index (κ3) is 783. The minimum absolute atomic E-state index is 0. The van der Waals surface area contributed by atoms with E-state index < -0.39 is 6.16 Å². The summed E-state index contributed by atoms with van der Waals surface area (Å²) < 4.78 is 0. The second-order valence-corrected chi connectivity index (χ2v) is 0.600. The molecule has 0 bridgehead atoms. The summed E-state index contributed by atoms with van der Waals surface area (Å²) in [5.41, 5.74) is 0. The summed E-state index contributed by atoms with van der Waals surface area (Å²) in [7, 11) is 0. The maximum absolute atomic E-state index is 7.19. The van der Waals surface area contributed by atoms with Crippen LogP contribution in [0.2, 0.25) is 0 Å². The van der Waals surface area contributed by atoms with Crippen LogP contribution in [0.15, 0.2) is 0 Å². The molecule has 0 amide bonds. The van der Waals surface area contributed by atoms with Crippen LogP contribution in [0.25, 0.3) is 0 Å². The van der Waals surface area contributed by atoms with Gasteiger partial charge in [0.15, 0.2) is 0 Å². The molecule has 0 heterocycles. The molecular weight excluding hydrogens is 98.9 g/mol. The predicted octanol–water partition coefficient (Wildman–Crippen LogP) is -5.61. The molecule has 0 atom stereocenters. The average molecular weight is 104 g/mol. The molecule has 0 aromatic heterocycles. The van der Waals surface area contributed by atoms with E-state index in [4.69, 9.17) is 20.4 Å². The maximum atomic E-state index is 7.19. The number of hydrogen-bond donors (Lipinski definition) is 4. The van der Waals surface area contributed by atoms with E-state index in [0.717, 1.165) is 0 Å². The zero-order valence-electron chi connectivity index (χ0n) is 3.74. The molecule has 0 aliphatic heterocycles. The van der Waals surface area contributed by atoms with Crippen molar-refractivity contribution in [2.45, 2.75) is 6.16 Å². The van der Waals surface area contributed by atoms with E-state index in [1.54, 1.807) is 0 Å². The molecule has 0 unspecified atom stereocenters. The predicted molar refractivity (Wildman–Crippen MR) is 13.5 cm³/mol. The van der Waals surface area contributed by atoms with Gasteiger partial charge in [-0.05, 0) is 0 Å². The first kappa shape index (κ1) is 15.7. The summed E-state index contributed by atoms with van der Waals surface area (Å²) in [6.07, 6.45) is -3.50. The van der Waals surface area contributed by atoms with Crippen molar-refractivity contribution in [3.05, 3.63) is 0 Å². The molecular formula is CH5LiO5. The monoisotopic (exact) mass is 104 g/mol. The minimum atomic E-state index is -3.50. The van der Waals surface area contributed by atoms with Gasteiger partial charge in [-0.1, -0.05) is 0 Å². The van der Waals surface area contributed by atoms with Crippen LogP contribution in [0.1, 0.15) is 0 Å². The maximum Gasteiger partial charge on any atom is 1.00 e. The van der Waals surface area contributed by atoms with E-state index in [2.05, 4.69) is 0 Å². The van der Waals surface area contributed by atoms with Gasteiger partial charge in [0.05, 0.1) is 0 Å². The summed E-state index contributed by atoms with van der Waals surface area (Å²) in [5, 5.41) is 28.8. The fourth-order valence-electron chi connectivity index (χ4n) is 0. The van der Waals surface area contributed by atoms with E-state index in [1.807, 2.05) is 0 Å². The van der Waals surface area contributed by atoms with Gasteiger partial charge in [0.25, 0.3) is 0 Å². The fourth-order valence-corrected chi connectivity index (χ4v) is 0. The number of aliphatic hydroxyl groups is 4. The molecule has 5 nitrogen and oxygen atoms in total. The normalized spacial score (nSPS) is 8.57. The van der Waals surface area contributed by atoms with Gasteiger partial charge < -0.3 is 25.9 Å². The molecule has 5 N–H and O–H groups in total. The fraction of sp³-hybridized carbons (Fsp3) is 1.00. The van der Waals surface area contributed by atoms with Crippen LogP contribution in [0, 0.1) is 0 Å². The van der Waals surface area contributed by atoms with Crippen molar-refractivity contribution in [2.75, 3.05) is 0 Å². The van der Waals surface area contributed by atoms with Crippen LogP contribution < -0.4 is 18.9 Å². The first-order valence-electron chi connectivity index (χ1n) is 0.894. The largest absolute Gasteiger partial charge is 1.00 e. The van der Waals surface area contributed by atoms with Crippen LogP contribution in [-0.4, -0.2) is 32.1 Å². The van der Waals surface area contributed by atoms with Crippen molar-refractivity contribution in [3.63, 3.8) is 0 Å².